The first-order valence-electron chi connectivity index (χ1n) is 9.58. The van der Waals surface area contributed by atoms with Gasteiger partial charge in [0.2, 0.25) is 5.91 Å². The molecule has 0 aliphatic carbocycles. The van der Waals surface area contributed by atoms with Gasteiger partial charge in [0.25, 0.3) is 0 Å². The summed E-state index contributed by atoms with van der Waals surface area (Å²) in [4.78, 5) is 19.5. The Bertz CT molecular complexity index is 1160. The number of benzene rings is 3. The lowest BCUT2D eigenvalue weighted by molar-refractivity contribution is -0.117. The smallest absolute Gasteiger partial charge is 0.227 e. The maximum atomic E-state index is 12.8. The van der Waals surface area contributed by atoms with Crippen LogP contribution < -0.4 is 4.90 Å². The predicted octanol–water partition coefficient (Wildman–Crippen LogP) is 4.76. The average molecular weight is 367 g/mol. The number of amides is 1. The first-order chi connectivity index (χ1) is 13.7. The largest absolute Gasteiger partial charge is 0.331 e. The molecule has 1 aliphatic heterocycles. The van der Waals surface area contributed by atoms with Crippen LogP contribution >= 0.6 is 0 Å². The van der Waals surface area contributed by atoms with E-state index in [2.05, 4.69) is 34.9 Å². The fourth-order valence-corrected chi connectivity index (χ4v) is 4.14. The van der Waals surface area contributed by atoms with E-state index in [1.807, 2.05) is 60.5 Å². The van der Waals surface area contributed by atoms with Crippen LogP contribution in [0.15, 0.2) is 78.9 Å². The first kappa shape index (κ1) is 16.8. The van der Waals surface area contributed by atoms with E-state index in [0.29, 0.717) is 13.0 Å². The lowest BCUT2D eigenvalue weighted by Gasteiger charge is -2.18. The molecule has 1 aliphatic rings. The highest BCUT2D eigenvalue weighted by Gasteiger charge is 2.34. The number of para-hydroxylation sites is 2. The second-order valence-electron chi connectivity index (χ2n) is 7.34. The van der Waals surface area contributed by atoms with Crippen LogP contribution in [0.25, 0.3) is 22.2 Å². The maximum Gasteiger partial charge on any atom is 0.227 e. The van der Waals surface area contributed by atoms with Crippen molar-refractivity contribution >= 4 is 22.6 Å². The third-order valence-electron chi connectivity index (χ3n) is 5.58. The van der Waals surface area contributed by atoms with Crippen molar-refractivity contribution in [1.29, 1.82) is 0 Å². The van der Waals surface area contributed by atoms with Crippen LogP contribution in [0.5, 0.6) is 0 Å². The van der Waals surface area contributed by atoms with Crippen molar-refractivity contribution in [3.05, 3.63) is 84.7 Å². The van der Waals surface area contributed by atoms with Crippen LogP contribution in [-0.2, 0) is 11.8 Å². The molecule has 2 heterocycles. The lowest BCUT2D eigenvalue weighted by atomic mass is 10.0. The maximum absolute atomic E-state index is 12.8. The molecule has 1 amide bonds. The summed E-state index contributed by atoms with van der Waals surface area (Å²) in [5, 5.41) is 0. The summed E-state index contributed by atoms with van der Waals surface area (Å²) in [6.07, 6.45) is 0.493. The number of anilines is 1. The summed E-state index contributed by atoms with van der Waals surface area (Å²) >= 11 is 0. The minimum Gasteiger partial charge on any atom is -0.331 e. The molecular formula is C24H21N3O. The van der Waals surface area contributed by atoms with Gasteiger partial charge < -0.3 is 9.47 Å². The van der Waals surface area contributed by atoms with Crippen LogP contribution in [0.4, 0.5) is 5.69 Å². The van der Waals surface area contributed by atoms with Gasteiger partial charge in [0.05, 0.1) is 11.0 Å². The van der Waals surface area contributed by atoms with Crippen LogP contribution in [0.1, 0.15) is 18.2 Å². The van der Waals surface area contributed by atoms with Gasteiger partial charge in [0.1, 0.15) is 5.82 Å². The van der Waals surface area contributed by atoms with Gasteiger partial charge in [0.15, 0.2) is 0 Å². The zero-order valence-corrected chi connectivity index (χ0v) is 15.7. The summed E-state index contributed by atoms with van der Waals surface area (Å²) in [7, 11) is 2.04. The molecule has 0 bridgehead atoms. The fourth-order valence-electron chi connectivity index (χ4n) is 4.14. The highest BCUT2D eigenvalue weighted by Crippen LogP contribution is 2.34. The van der Waals surface area contributed by atoms with Gasteiger partial charge in [-0.1, -0.05) is 54.6 Å². The van der Waals surface area contributed by atoms with E-state index in [9.17, 15) is 4.79 Å². The summed E-state index contributed by atoms with van der Waals surface area (Å²) < 4.78 is 2.12. The highest BCUT2D eigenvalue weighted by atomic mass is 16.2. The van der Waals surface area contributed by atoms with Gasteiger partial charge in [-0.25, -0.2) is 4.98 Å². The summed E-state index contributed by atoms with van der Waals surface area (Å²) in [6, 6.07) is 26.6. The van der Waals surface area contributed by atoms with Crippen LogP contribution in [-0.4, -0.2) is 22.0 Å². The average Bonchev–Trinajstić information content (AvgIpc) is 3.29. The van der Waals surface area contributed by atoms with Gasteiger partial charge in [-0.15, -0.1) is 0 Å². The number of hydrogen-bond donors (Lipinski definition) is 0. The van der Waals surface area contributed by atoms with Crippen LogP contribution in [0, 0.1) is 0 Å². The van der Waals surface area contributed by atoms with Crippen LogP contribution in [0.3, 0.4) is 0 Å². The SMILES string of the molecule is Cn1c(C2CC(=O)N(c3cccc(-c4ccccc4)c3)C2)nc2ccccc21. The monoisotopic (exact) mass is 367 g/mol. The molecule has 0 saturated carbocycles. The molecule has 4 heteroatoms. The summed E-state index contributed by atoms with van der Waals surface area (Å²) in [5.74, 6) is 1.24. The molecule has 4 aromatic rings. The van der Waals surface area contributed by atoms with E-state index in [4.69, 9.17) is 4.98 Å². The van der Waals surface area contributed by atoms with E-state index >= 15 is 0 Å². The topological polar surface area (TPSA) is 38.1 Å². The van der Waals surface area contributed by atoms with E-state index < -0.39 is 0 Å². The van der Waals surface area contributed by atoms with Crippen molar-refractivity contribution in [2.75, 3.05) is 11.4 Å². The molecule has 0 spiro atoms. The third-order valence-corrected chi connectivity index (χ3v) is 5.58. The van der Waals surface area contributed by atoms with E-state index in [-0.39, 0.29) is 11.8 Å². The Morgan fingerprint density at radius 3 is 2.46 bits per heavy atom. The van der Waals surface area contributed by atoms with Crippen molar-refractivity contribution in [3.63, 3.8) is 0 Å². The van der Waals surface area contributed by atoms with E-state index in [1.165, 1.54) is 0 Å². The van der Waals surface area contributed by atoms with Crippen LogP contribution in [0.2, 0.25) is 0 Å². The number of nitrogens with zero attached hydrogens (tertiary/aromatic N) is 3. The molecular weight excluding hydrogens is 346 g/mol. The molecule has 1 aromatic heterocycles. The molecule has 138 valence electrons. The Kier molecular flexibility index (Phi) is 3.97. The Hall–Kier alpha value is -3.40. The third kappa shape index (κ3) is 2.78. The highest BCUT2D eigenvalue weighted by molar-refractivity contribution is 5.97. The van der Waals surface area contributed by atoms with Crippen molar-refractivity contribution < 1.29 is 4.79 Å². The number of aromatic nitrogens is 2. The second-order valence-corrected chi connectivity index (χ2v) is 7.34. The molecule has 1 fully saturated rings. The molecule has 5 rings (SSSR count). The minimum atomic E-state index is 0.102. The van der Waals surface area contributed by atoms with Gasteiger partial charge in [-0.3, -0.25) is 4.79 Å². The zero-order valence-electron chi connectivity index (χ0n) is 15.7. The van der Waals surface area contributed by atoms with Crippen molar-refractivity contribution in [3.8, 4) is 11.1 Å². The Morgan fingerprint density at radius 1 is 0.893 bits per heavy atom. The fraction of sp³-hybridized carbons (Fsp3) is 0.167. The van der Waals surface area contributed by atoms with Gasteiger partial charge >= 0.3 is 0 Å². The zero-order chi connectivity index (χ0) is 19.1. The quantitative estimate of drug-likeness (QED) is 0.524. The first-order valence-corrected chi connectivity index (χ1v) is 9.58. The second kappa shape index (κ2) is 6.64. The van der Waals surface area contributed by atoms with Crippen molar-refractivity contribution in [2.45, 2.75) is 12.3 Å². The molecule has 0 radical (unpaired) electrons. The van der Waals surface area contributed by atoms with Gasteiger partial charge in [0, 0.05) is 31.6 Å². The van der Waals surface area contributed by atoms with Gasteiger partial charge in [-0.2, -0.15) is 0 Å². The Balaban J connectivity index is 1.46. The Labute approximate surface area is 164 Å². The predicted molar refractivity (Wildman–Crippen MR) is 112 cm³/mol. The number of aryl methyl sites for hydroxylation is 1. The minimum absolute atomic E-state index is 0.102. The molecule has 1 unspecified atom stereocenters. The standard InChI is InChI=1S/C24H21N3O/c1-26-22-13-6-5-12-21(22)25-24(26)19-15-23(28)27(16-19)20-11-7-10-18(14-20)17-8-3-2-4-9-17/h2-14,19H,15-16H2,1H3. The number of rotatable bonds is 3. The summed E-state index contributed by atoms with van der Waals surface area (Å²) in [6.45, 7) is 0.661. The number of carbonyl (C=O) groups is 1. The molecule has 1 saturated heterocycles. The molecule has 4 nitrogen and oxygen atoms in total. The normalized spacial score (nSPS) is 16.8. The number of imidazole rings is 1. The molecule has 28 heavy (non-hydrogen) atoms. The van der Waals surface area contributed by atoms with Crippen molar-refractivity contribution in [2.24, 2.45) is 7.05 Å². The number of fused-ring (bicyclic) bond motifs is 1. The summed E-state index contributed by atoms with van der Waals surface area (Å²) in [5.41, 5.74) is 5.32. The number of carbonyl (C=O) groups excluding carboxylic acids is 1. The Morgan fingerprint density at radius 2 is 1.64 bits per heavy atom. The molecule has 0 N–H and O–H groups in total. The molecule has 3 aromatic carbocycles. The van der Waals surface area contributed by atoms with Gasteiger partial charge in [-0.05, 0) is 35.4 Å². The van der Waals surface area contributed by atoms with E-state index in [0.717, 1.165) is 33.7 Å². The lowest BCUT2D eigenvalue weighted by Crippen LogP contribution is -2.24. The molecule has 1 atom stereocenters. The van der Waals surface area contributed by atoms with E-state index in [1.54, 1.807) is 0 Å². The van der Waals surface area contributed by atoms with Crippen molar-refractivity contribution in [1.82, 2.24) is 9.55 Å². The number of hydrogen-bond acceptors (Lipinski definition) is 2.